The fourth-order valence-corrected chi connectivity index (χ4v) is 2.59. The van der Waals surface area contributed by atoms with E-state index in [2.05, 4.69) is 0 Å². The molecule has 1 unspecified atom stereocenters. The Hall–Kier alpha value is -1.24. The summed E-state index contributed by atoms with van der Waals surface area (Å²) in [6, 6.07) is -0.912. The van der Waals surface area contributed by atoms with Crippen LogP contribution in [0.4, 0.5) is 0 Å². The van der Waals surface area contributed by atoms with E-state index in [0.29, 0.717) is 18.9 Å². The molecule has 0 spiro atoms. The van der Waals surface area contributed by atoms with Crippen LogP contribution in [-0.2, 0) is 9.59 Å². The molecular weight excluding hydrogens is 336 g/mol. The van der Waals surface area contributed by atoms with Crippen LogP contribution < -0.4 is 0 Å². The van der Waals surface area contributed by atoms with Crippen molar-refractivity contribution < 1.29 is 39.6 Å². The maximum atomic E-state index is 12.6. The molecule has 0 bridgehead atoms. The van der Waals surface area contributed by atoms with Gasteiger partial charge >= 0.3 is 5.97 Å². The zero-order valence-corrected chi connectivity index (χ0v) is 15.1. The second kappa shape index (κ2) is 12.2. The second-order valence-corrected chi connectivity index (χ2v) is 6.29. The van der Waals surface area contributed by atoms with E-state index in [1.807, 2.05) is 6.92 Å². The summed E-state index contributed by atoms with van der Waals surface area (Å²) in [6.45, 7) is 1.89. The van der Waals surface area contributed by atoms with Crippen LogP contribution in [0, 0.1) is 11.8 Å². The lowest BCUT2D eigenvalue weighted by Crippen LogP contribution is -2.24. The third-order valence-corrected chi connectivity index (χ3v) is 4.04. The molecule has 6 atom stereocenters. The number of carbonyl (C=O) groups excluding carboxylic acids is 1. The van der Waals surface area contributed by atoms with Gasteiger partial charge in [0.2, 0.25) is 0 Å². The molecule has 6 heteroatoms. The maximum absolute atomic E-state index is 12.6. The Kier molecular flexibility index (Phi) is 6.50. The molecule has 0 aromatic carbocycles. The molecule has 0 radical (unpaired) electrons. The van der Waals surface area contributed by atoms with Crippen molar-refractivity contribution in [1.82, 2.24) is 0 Å². The molecule has 0 aromatic heterocycles. The summed E-state index contributed by atoms with van der Waals surface area (Å²) in [5.74, 6) is -8.00. The lowest BCUT2D eigenvalue weighted by molar-refractivity contribution is -0.137. The van der Waals surface area contributed by atoms with Gasteiger partial charge in [0.15, 0.2) is 0 Å². The van der Waals surface area contributed by atoms with Gasteiger partial charge in [-0.15, -0.1) is 0 Å². The summed E-state index contributed by atoms with van der Waals surface area (Å²) in [4.78, 5) is 23.2. The number of aliphatic hydroxyl groups is 3. The molecule has 1 aliphatic rings. The average Bonchev–Trinajstić information content (AvgIpc) is 2.75. The number of hydrogen-bond donors (Lipinski definition) is 4. The van der Waals surface area contributed by atoms with Gasteiger partial charge in [-0.05, 0) is 19.3 Å². The van der Waals surface area contributed by atoms with Crippen molar-refractivity contribution in [3.8, 4) is 0 Å². The smallest absolute Gasteiger partial charge is 0.303 e. The molecule has 1 rings (SSSR count). The summed E-state index contributed by atoms with van der Waals surface area (Å²) in [7, 11) is 0. The van der Waals surface area contributed by atoms with E-state index in [4.69, 9.17) is 14.7 Å². The Bertz CT molecular complexity index is 757. The van der Waals surface area contributed by atoms with Crippen LogP contribution in [0.3, 0.4) is 0 Å². The minimum Gasteiger partial charge on any atom is -0.481 e. The molecule has 0 aliphatic heterocycles. The summed E-state index contributed by atoms with van der Waals surface area (Å²) in [5.41, 5.74) is 0. The zero-order valence-electron chi connectivity index (χ0n) is 22.1. The first kappa shape index (κ1) is 13.9. The lowest BCUT2D eigenvalue weighted by Gasteiger charge is -2.20. The van der Waals surface area contributed by atoms with Crippen molar-refractivity contribution >= 4 is 11.8 Å². The van der Waals surface area contributed by atoms with Gasteiger partial charge in [0.05, 0.1) is 23.7 Å². The number of ketones is 1. The quantitative estimate of drug-likeness (QED) is 0.286. The predicted molar refractivity (Wildman–Crippen MR) is 98.6 cm³/mol. The normalized spacial score (nSPS) is 45.1. The van der Waals surface area contributed by atoms with Gasteiger partial charge in [0, 0.05) is 41.6 Å². The fraction of sp³-hybridized carbons (Fsp3) is 0.800. The van der Waals surface area contributed by atoms with Crippen molar-refractivity contribution in [3.63, 3.8) is 0 Å². The Morgan fingerprint density at radius 2 is 2.04 bits per heavy atom. The lowest BCUT2D eigenvalue weighted by atomic mass is 9.87. The Morgan fingerprint density at radius 3 is 2.69 bits per heavy atom. The summed E-state index contributed by atoms with van der Waals surface area (Å²) in [5, 5.41) is 40.1. The van der Waals surface area contributed by atoms with Crippen LogP contribution in [0.2, 0.25) is 0 Å². The molecule has 0 aromatic rings. The molecule has 0 heterocycles. The Morgan fingerprint density at radius 1 is 1.31 bits per heavy atom. The van der Waals surface area contributed by atoms with Gasteiger partial charge in [-0.1, -0.05) is 38.3 Å². The summed E-state index contributed by atoms with van der Waals surface area (Å²) < 4.78 is 57.5. The van der Waals surface area contributed by atoms with Crippen LogP contribution >= 0.6 is 0 Å². The largest absolute Gasteiger partial charge is 0.481 e. The highest BCUT2D eigenvalue weighted by atomic mass is 16.4. The first-order valence-electron chi connectivity index (χ1n) is 12.5. The first-order chi connectivity index (χ1) is 14.9. The number of Topliss-reactive ketones (excluding diaryl/α,β-unsaturated/α-hetero) is 1. The van der Waals surface area contributed by atoms with E-state index in [1.165, 1.54) is 0 Å². The van der Waals surface area contributed by atoms with Gasteiger partial charge < -0.3 is 20.4 Å². The topological polar surface area (TPSA) is 115 Å². The predicted octanol–water partition coefficient (Wildman–Crippen LogP) is 2.45. The van der Waals surface area contributed by atoms with E-state index < -0.39 is 67.1 Å². The van der Waals surface area contributed by atoms with Crippen LogP contribution in [0.25, 0.3) is 0 Å². The van der Waals surface area contributed by atoms with Crippen LogP contribution in [0.1, 0.15) is 80.7 Å². The van der Waals surface area contributed by atoms with Crippen molar-refractivity contribution in [2.45, 2.75) is 89.3 Å². The third kappa shape index (κ3) is 8.43. The van der Waals surface area contributed by atoms with Crippen LogP contribution in [-0.4, -0.2) is 50.4 Å². The third-order valence-electron chi connectivity index (χ3n) is 4.04. The number of hydrogen-bond acceptors (Lipinski definition) is 5. The highest BCUT2D eigenvalue weighted by molar-refractivity contribution is 5.78. The monoisotopic (exact) mass is 384 g/mol. The summed E-state index contributed by atoms with van der Waals surface area (Å²) >= 11 is 0. The fourth-order valence-electron chi connectivity index (χ4n) is 2.59. The molecule has 0 saturated heterocycles. The molecule has 1 aliphatic carbocycles. The number of aliphatic carboxylic acids is 1. The number of carboxylic acid groups (broad SMARTS) is 1. The van der Waals surface area contributed by atoms with Gasteiger partial charge in [-0.3, -0.25) is 9.59 Å². The second-order valence-electron chi connectivity index (χ2n) is 6.29. The van der Waals surface area contributed by atoms with E-state index in [9.17, 15) is 24.9 Å². The highest BCUT2D eigenvalue weighted by Crippen LogP contribution is 2.36. The Labute approximate surface area is 165 Å². The standard InChI is InChI=1S/C20H34O6/c1-2-3-4-7-14(21)10-11-16-17(19(24)13-18(16)23)12-15(22)8-5-6-9-20(25)26/h10-11,14,16-19,21,23-24H,2-9,12-13H2,1H3,(H,25,26)/b11-10+/t14-,16+,17+,18-,19-/m0/s1/i8T,10T,14T,16T,17T,18T,19T/t8?,14-,16+,17+,18-,19-. The average molecular weight is 385 g/mol. The van der Waals surface area contributed by atoms with Crippen LogP contribution in [0.15, 0.2) is 12.1 Å². The van der Waals surface area contributed by atoms with Gasteiger partial charge in [-0.25, -0.2) is 0 Å². The van der Waals surface area contributed by atoms with Crippen LogP contribution in [0.5, 0.6) is 0 Å². The minimum atomic E-state index is -3.02. The Balaban J connectivity index is 3.31. The van der Waals surface area contributed by atoms with Crippen molar-refractivity contribution in [1.29, 1.82) is 0 Å². The maximum Gasteiger partial charge on any atom is 0.303 e. The molecule has 150 valence electrons. The molecule has 6 nitrogen and oxygen atoms in total. The molecule has 1 fully saturated rings. The molecule has 4 N–H and O–H groups in total. The zero-order chi connectivity index (χ0) is 25.9. The first-order valence-corrected chi connectivity index (χ1v) is 8.91. The molecule has 26 heavy (non-hydrogen) atoms. The van der Waals surface area contributed by atoms with E-state index in [1.54, 1.807) is 0 Å². The SMILES string of the molecule is [3H]/C(=C\[C@]1([3H])[C@@]([3H])(CC(=O)C([3H])CCCC(=O)O)[C@@]([3H])(O)C[C@]1([3H])O)[C@@]([3H])(O)CCCCC. The highest BCUT2D eigenvalue weighted by Gasteiger charge is 2.41. The van der Waals surface area contributed by atoms with E-state index >= 15 is 0 Å². The van der Waals surface area contributed by atoms with E-state index in [0.717, 1.165) is 6.42 Å². The van der Waals surface area contributed by atoms with Crippen molar-refractivity contribution in [3.05, 3.63) is 12.1 Å². The number of unbranched alkanes of at least 4 members (excludes halogenated alkanes) is 2. The van der Waals surface area contributed by atoms with Gasteiger partial charge in [-0.2, -0.15) is 0 Å². The van der Waals surface area contributed by atoms with Crippen molar-refractivity contribution in [2.75, 3.05) is 0 Å². The van der Waals surface area contributed by atoms with Crippen molar-refractivity contribution in [2.24, 2.45) is 11.8 Å². The number of carbonyl (C=O) groups is 2. The summed E-state index contributed by atoms with van der Waals surface area (Å²) in [6.07, 6.45) is -10.7. The van der Waals surface area contributed by atoms with E-state index in [-0.39, 0.29) is 25.7 Å². The van der Waals surface area contributed by atoms with Gasteiger partial charge in [0.25, 0.3) is 0 Å². The minimum absolute atomic E-state index is 0.0137. The molecular formula is C20H34O6. The molecule has 1 saturated carbocycles. The number of carboxylic acids is 1. The number of rotatable bonds is 13. The van der Waals surface area contributed by atoms with Gasteiger partial charge in [0.1, 0.15) is 5.78 Å². The molecule has 0 amide bonds.